The summed E-state index contributed by atoms with van der Waals surface area (Å²) >= 11 is 5.23. The van der Waals surface area contributed by atoms with Crippen molar-refractivity contribution >= 4 is 21.7 Å². The Kier molecular flexibility index (Phi) is 2.98. The Labute approximate surface area is 58.8 Å². The fraction of sp³-hybridized carbons (Fsp3) is 0.500. The topological polar surface area (TPSA) is 54.4 Å². The largest absolute Gasteiger partial charge is 0.335 e. The van der Waals surface area contributed by atoms with Crippen molar-refractivity contribution in [2.45, 2.75) is 12.3 Å². The van der Waals surface area contributed by atoms with Crippen LogP contribution in [0.25, 0.3) is 0 Å². The molecule has 0 aliphatic rings. The van der Waals surface area contributed by atoms with E-state index in [0.717, 1.165) is 0 Å². The molecule has 0 heterocycles. The van der Waals surface area contributed by atoms with Gasteiger partial charge in [-0.15, -0.1) is 11.6 Å². The minimum atomic E-state index is -4.16. The highest BCUT2D eigenvalue weighted by Gasteiger charge is 1.94. The van der Waals surface area contributed by atoms with Crippen molar-refractivity contribution in [3.05, 3.63) is 0 Å². The summed E-state index contributed by atoms with van der Waals surface area (Å²) in [6, 6.07) is 0. The van der Waals surface area contributed by atoms with Gasteiger partial charge in [0, 0.05) is 0 Å². The summed E-state index contributed by atoms with van der Waals surface area (Å²) in [5.41, 5.74) is 0. The van der Waals surface area contributed by atoms with E-state index in [4.69, 9.17) is 16.2 Å². The fourth-order valence-corrected chi connectivity index (χ4v) is 0.601. The molecule has 1 atom stereocenters. The first-order valence-corrected chi connectivity index (χ1v) is 3.93. The molecule has 0 bridgehead atoms. The van der Waals surface area contributed by atoms with Crippen LogP contribution in [-0.4, -0.2) is 18.3 Å². The summed E-state index contributed by atoms with van der Waals surface area (Å²) < 4.78 is 27.7. The summed E-state index contributed by atoms with van der Waals surface area (Å²) in [7, 11) is -4.16. The van der Waals surface area contributed by atoms with Crippen LogP contribution in [0.15, 0.2) is 0 Å². The van der Waals surface area contributed by atoms with Gasteiger partial charge in [-0.3, -0.25) is 4.55 Å². The number of hydrogen-bond donors (Lipinski definition) is 1. The predicted octanol–water partition coefficient (Wildman–Crippen LogP) is 0.462. The van der Waals surface area contributed by atoms with Crippen LogP contribution in [0.1, 0.15) is 6.92 Å². The van der Waals surface area contributed by atoms with Gasteiger partial charge in [0.05, 0.1) is 10.6 Å². The second-order valence-electron chi connectivity index (χ2n) is 1.34. The van der Waals surface area contributed by atoms with Crippen LogP contribution in [0.5, 0.6) is 0 Å². The lowest BCUT2D eigenvalue weighted by Gasteiger charge is -1.82. The van der Waals surface area contributed by atoms with Crippen molar-refractivity contribution in [1.82, 2.24) is 0 Å². The molecule has 5 heteroatoms. The molecule has 52 valence electrons. The first-order chi connectivity index (χ1) is 3.92. The quantitative estimate of drug-likeness (QED) is 0.325. The minimum Gasteiger partial charge on any atom is -0.276 e. The zero-order chi connectivity index (χ0) is 7.49. The summed E-state index contributed by atoms with van der Waals surface area (Å²) in [4.78, 5) is 0. The zero-order valence-corrected chi connectivity index (χ0v) is 6.20. The summed E-state index contributed by atoms with van der Waals surface area (Å²) in [5.74, 6) is 2.06. The SMILES string of the molecule is CC(Cl)C#CS(=O)(=O)O. The van der Waals surface area contributed by atoms with Gasteiger partial charge in [0.2, 0.25) is 0 Å². The van der Waals surface area contributed by atoms with Crippen molar-refractivity contribution in [1.29, 1.82) is 0 Å². The molecular weight excluding hydrogens is 164 g/mol. The standard InChI is InChI=1S/C4H5ClO3S/c1-4(5)2-3-9(6,7)8/h4H,1H3,(H,6,7,8). The van der Waals surface area contributed by atoms with E-state index in [1.165, 1.54) is 6.92 Å². The maximum atomic E-state index is 9.86. The minimum absolute atomic E-state index is 0.563. The third-order valence-electron chi connectivity index (χ3n) is 0.387. The van der Waals surface area contributed by atoms with E-state index >= 15 is 0 Å². The van der Waals surface area contributed by atoms with E-state index in [1.807, 2.05) is 0 Å². The zero-order valence-electron chi connectivity index (χ0n) is 4.63. The Morgan fingerprint density at radius 3 is 2.22 bits per heavy atom. The molecule has 0 aromatic rings. The van der Waals surface area contributed by atoms with Crippen LogP contribution >= 0.6 is 11.6 Å². The Hall–Kier alpha value is -0.240. The van der Waals surface area contributed by atoms with Gasteiger partial charge in [-0.1, -0.05) is 5.92 Å². The Morgan fingerprint density at radius 2 is 2.11 bits per heavy atom. The van der Waals surface area contributed by atoms with Crippen LogP contribution < -0.4 is 0 Å². The third kappa shape index (κ3) is 7.76. The molecule has 0 aliphatic carbocycles. The highest BCUT2D eigenvalue weighted by atomic mass is 35.5. The Morgan fingerprint density at radius 1 is 1.67 bits per heavy atom. The molecule has 0 saturated heterocycles. The van der Waals surface area contributed by atoms with E-state index in [2.05, 4.69) is 5.92 Å². The van der Waals surface area contributed by atoms with Crippen LogP contribution in [0.3, 0.4) is 0 Å². The van der Waals surface area contributed by atoms with Crippen molar-refractivity contribution in [2.24, 2.45) is 0 Å². The fourth-order valence-electron chi connectivity index (χ4n) is 0.156. The molecule has 0 amide bonds. The summed E-state index contributed by atoms with van der Waals surface area (Å²) in [6.07, 6.45) is 0. The molecule has 0 fully saturated rings. The second-order valence-corrected chi connectivity index (χ2v) is 3.15. The molecule has 0 radical (unpaired) electrons. The van der Waals surface area contributed by atoms with Crippen molar-refractivity contribution in [2.75, 3.05) is 0 Å². The highest BCUT2D eigenvalue weighted by Crippen LogP contribution is 1.89. The Bertz CT molecular complexity index is 230. The normalized spacial score (nSPS) is 13.7. The Balaban J connectivity index is 4.23. The number of hydrogen-bond acceptors (Lipinski definition) is 2. The molecular formula is C4H5ClO3S. The lowest BCUT2D eigenvalue weighted by Crippen LogP contribution is -1.92. The monoisotopic (exact) mass is 168 g/mol. The van der Waals surface area contributed by atoms with Crippen LogP contribution in [0, 0.1) is 11.2 Å². The summed E-state index contributed by atoms with van der Waals surface area (Å²) in [5, 5.41) is 1.00. The van der Waals surface area contributed by atoms with Crippen LogP contribution in [0.4, 0.5) is 0 Å². The van der Waals surface area contributed by atoms with Crippen molar-refractivity contribution < 1.29 is 13.0 Å². The summed E-state index contributed by atoms with van der Waals surface area (Å²) in [6.45, 7) is 1.50. The first-order valence-electron chi connectivity index (χ1n) is 2.05. The molecule has 1 N–H and O–H groups in total. The van der Waals surface area contributed by atoms with Gasteiger partial charge in [0.25, 0.3) is 0 Å². The van der Waals surface area contributed by atoms with E-state index < -0.39 is 15.5 Å². The molecule has 0 aromatic heterocycles. The molecule has 9 heavy (non-hydrogen) atoms. The second kappa shape index (κ2) is 3.06. The van der Waals surface area contributed by atoms with Gasteiger partial charge in [0.1, 0.15) is 0 Å². The average molecular weight is 169 g/mol. The van der Waals surface area contributed by atoms with E-state index in [1.54, 1.807) is 5.25 Å². The smallest absolute Gasteiger partial charge is 0.276 e. The predicted molar refractivity (Wildman–Crippen MR) is 34.6 cm³/mol. The van der Waals surface area contributed by atoms with Gasteiger partial charge in [-0.25, -0.2) is 0 Å². The third-order valence-corrected chi connectivity index (χ3v) is 0.872. The number of alkyl halides is 1. The number of halogens is 1. The van der Waals surface area contributed by atoms with E-state index in [0.29, 0.717) is 0 Å². The molecule has 1 unspecified atom stereocenters. The van der Waals surface area contributed by atoms with Gasteiger partial charge >= 0.3 is 10.1 Å². The molecule has 0 aliphatic heterocycles. The van der Waals surface area contributed by atoms with Gasteiger partial charge < -0.3 is 0 Å². The molecule has 0 saturated carbocycles. The van der Waals surface area contributed by atoms with Gasteiger partial charge in [-0.05, 0) is 6.92 Å². The molecule has 3 nitrogen and oxygen atoms in total. The molecule has 0 spiro atoms. The number of rotatable bonds is 0. The van der Waals surface area contributed by atoms with E-state index in [9.17, 15) is 8.42 Å². The first kappa shape index (κ1) is 8.76. The lowest BCUT2D eigenvalue weighted by atomic mass is 10.5. The van der Waals surface area contributed by atoms with Crippen molar-refractivity contribution in [3.8, 4) is 11.2 Å². The van der Waals surface area contributed by atoms with Crippen molar-refractivity contribution in [3.63, 3.8) is 0 Å². The molecule has 0 aromatic carbocycles. The van der Waals surface area contributed by atoms with Gasteiger partial charge in [-0.2, -0.15) is 8.42 Å². The molecule has 0 rings (SSSR count). The van der Waals surface area contributed by atoms with Gasteiger partial charge in [0.15, 0.2) is 0 Å². The van der Waals surface area contributed by atoms with E-state index in [-0.39, 0.29) is 0 Å². The van der Waals surface area contributed by atoms with Crippen LogP contribution in [0.2, 0.25) is 0 Å². The average Bonchev–Trinajstić information content (AvgIpc) is 1.59. The highest BCUT2D eigenvalue weighted by molar-refractivity contribution is 7.90. The lowest BCUT2D eigenvalue weighted by molar-refractivity contribution is 0.496. The maximum absolute atomic E-state index is 9.86. The van der Waals surface area contributed by atoms with Crippen LogP contribution in [-0.2, 0) is 10.1 Å². The maximum Gasteiger partial charge on any atom is 0.335 e.